The average molecular weight is 490 g/mol. The number of rotatable bonds is 10. The monoisotopic (exact) mass is 490 g/mol. The van der Waals surface area contributed by atoms with E-state index in [-0.39, 0.29) is 36.3 Å². The SMILES string of the molecule is CCCCN1CCC(NC(=NC)NCCOCCS(C)(=O)=O)CC1.I. The predicted molar refractivity (Wildman–Crippen MR) is 115 cm³/mol. The van der Waals surface area contributed by atoms with Crippen LogP contribution in [0, 0.1) is 0 Å². The van der Waals surface area contributed by atoms with Crippen LogP contribution in [0.25, 0.3) is 0 Å². The maximum Gasteiger partial charge on any atom is 0.191 e. The molecule has 0 saturated carbocycles. The van der Waals surface area contributed by atoms with Crippen molar-refractivity contribution in [2.75, 3.05) is 58.4 Å². The van der Waals surface area contributed by atoms with Gasteiger partial charge < -0.3 is 20.3 Å². The topological polar surface area (TPSA) is 83.0 Å². The Bertz CT molecular complexity index is 466. The minimum Gasteiger partial charge on any atom is -0.379 e. The number of halogens is 1. The first-order valence-corrected chi connectivity index (χ1v) is 11.0. The number of ether oxygens (including phenoxy) is 1. The molecular formula is C16H35IN4O3S. The molecule has 0 unspecified atom stereocenters. The van der Waals surface area contributed by atoms with Gasteiger partial charge in [-0.3, -0.25) is 4.99 Å². The highest BCUT2D eigenvalue weighted by Gasteiger charge is 2.19. The number of likely N-dealkylation sites (tertiary alicyclic amines) is 1. The first-order chi connectivity index (χ1) is 11.4. The molecule has 0 radical (unpaired) electrons. The van der Waals surface area contributed by atoms with Crippen molar-refractivity contribution in [2.45, 2.75) is 38.6 Å². The number of sulfone groups is 1. The van der Waals surface area contributed by atoms with Gasteiger partial charge in [-0.05, 0) is 25.8 Å². The van der Waals surface area contributed by atoms with E-state index in [4.69, 9.17) is 4.74 Å². The fraction of sp³-hybridized carbons (Fsp3) is 0.938. The zero-order chi connectivity index (χ0) is 17.8. The molecule has 1 aliphatic rings. The van der Waals surface area contributed by atoms with Crippen LogP contribution in [-0.4, -0.2) is 83.8 Å². The summed E-state index contributed by atoms with van der Waals surface area (Å²) in [5, 5.41) is 6.67. The Morgan fingerprint density at radius 2 is 1.96 bits per heavy atom. The maximum absolute atomic E-state index is 11.0. The van der Waals surface area contributed by atoms with Gasteiger partial charge in [0.05, 0.1) is 19.0 Å². The molecule has 7 nitrogen and oxygen atoms in total. The van der Waals surface area contributed by atoms with Gasteiger partial charge in [-0.2, -0.15) is 0 Å². The van der Waals surface area contributed by atoms with Crippen LogP contribution in [0.3, 0.4) is 0 Å². The van der Waals surface area contributed by atoms with Crippen LogP contribution in [0.4, 0.5) is 0 Å². The molecule has 0 amide bonds. The van der Waals surface area contributed by atoms with Gasteiger partial charge >= 0.3 is 0 Å². The quantitative estimate of drug-likeness (QED) is 0.207. The summed E-state index contributed by atoms with van der Waals surface area (Å²) in [6.07, 6.45) is 6.01. The van der Waals surface area contributed by atoms with E-state index < -0.39 is 9.84 Å². The second-order valence-electron chi connectivity index (χ2n) is 6.36. The number of guanidine groups is 1. The zero-order valence-electron chi connectivity index (χ0n) is 15.8. The van der Waals surface area contributed by atoms with Crippen LogP contribution in [0.15, 0.2) is 4.99 Å². The normalized spacial score (nSPS) is 17.2. The average Bonchev–Trinajstić information content (AvgIpc) is 2.55. The zero-order valence-corrected chi connectivity index (χ0v) is 18.9. The highest BCUT2D eigenvalue weighted by atomic mass is 127. The summed E-state index contributed by atoms with van der Waals surface area (Å²) in [6.45, 7) is 7.04. The lowest BCUT2D eigenvalue weighted by Gasteiger charge is -2.33. The highest BCUT2D eigenvalue weighted by Crippen LogP contribution is 2.10. The lowest BCUT2D eigenvalue weighted by atomic mass is 10.0. The Morgan fingerprint density at radius 1 is 1.28 bits per heavy atom. The number of nitrogens with one attached hydrogen (secondary N) is 2. The summed E-state index contributed by atoms with van der Waals surface area (Å²) in [5.74, 6) is 0.852. The van der Waals surface area contributed by atoms with Crippen molar-refractivity contribution in [3.8, 4) is 0 Å². The third kappa shape index (κ3) is 12.8. The van der Waals surface area contributed by atoms with Gasteiger partial charge in [-0.25, -0.2) is 8.42 Å². The van der Waals surface area contributed by atoms with Gasteiger partial charge in [-0.15, -0.1) is 24.0 Å². The molecule has 0 aromatic carbocycles. The van der Waals surface area contributed by atoms with Crippen molar-refractivity contribution in [3.05, 3.63) is 0 Å². The lowest BCUT2D eigenvalue weighted by Crippen LogP contribution is -2.49. The fourth-order valence-corrected chi connectivity index (χ4v) is 3.05. The van der Waals surface area contributed by atoms with E-state index in [1.54, 1.807) is 7.05 Å². The number of hydrogen-bond donors (Lipinski definition) is 2. The van der Waals surface area contributed by atoms with Crippen molar-refractivity contribution < 1.29 is 13.2 Å². The van der Waals surface area contributed by atoms with Crippen molar-refractivity contribution in [3.63, 3.8) is 0 Å². The molecule has 1 heterocycles. The smallest absolute Gasteiger partial charge is 0.191 e. The Hall–Kier alpha value is -0.130. The van der Waals surface area contributed by atoms with E-state index in [0.29, 0.717) is 19.2 Å². The van der Waals surface area contributed by atoms with Gasteiger partial charge in [0.2, 0.25) is 0 Å². The Labute approximate surface area is 170 Å². The molecule has 0 aromatic heterocycles. The van der Waals surface area contributed by atoms with Crippen molar-refractivity contribution >= 4 is 39.8 Å². The molecular weight excluding hydrogens is 455 g/mol. The summed E-state index contributed by atoms with van der Waals surface area (Å²) in [6, 6.07) is 0.459. The van der Waals surface area contributed by atoms with Gasteiger partial charge in [0.1, 0.15) is 9.84 Å². The molecule has 9 heteroatoms. The summed E-state index contributed by atoms with van der Waals surface area (Å²) in [5.41, 5.74) is 0. The van der Waals surface area contributed by atoms with Gasteiger partial charge in [-0.1, -0.05) is 13.3 Å². The van der Waals surface area contributed by atoms with Gasteiger partial charge in [0.15, 0.2) is 5.96 Å². The summed E-state index contributed by atoms with van der Waals surface area (Å²) in [7, 11) is -1.19. The molecule has 1 aliphatic heterocycles. The summed E-state index contributed by atoms with van der Waals surface area (Å²) in [4.78, 5) is 6.77. The molecule has 1 saturated heterocycles. The molecule has 2 N–H and O–H groups in total. The van der Waals surface area contributed by atoms with Crippen LogP contribution in [0.1, 0.15) is 32.6 Å². The first kappa shape index (κ1) is 24.9. The van der Waals surface area contributed by atoms with Crippen LogP contribution >= 0.6 is 24.0 Å². The largest absolute Gasteiger partial charge is 0.379 e. The molecule has 0 aromatic rings. The number of piperidine rings is 1. The fourth-order valence-electron chi connectivity index (χ4n) is 2.62. The number of hydrogen-bond acceptors (Lipinski definition) is 5. The highest BCUT2D eigenvalue weighted by molar-refractivity contribution is 14.0. The van der Waals surface area contributed by atoms with E-state index in [0.717, 1.165) is 31.9 Å². The van der Waals surface area contributed by atoms with E-state index in [1.807, 2.05) is 0 Å². The van der Waals surface area contributed by atoms with Crippen LogP contribution in [0.2, 0.25) is 0 Å². The second kappa shape index (κ2) is 14.0. The molecule has 0 atom stereocenters. The Balaban J connectivity index is 0.00000576. The lowest BCUT2D eigenvalue weighted by molar-refractivity contribution is 0.153. The van der Waals surface area contributed by atoms with Gasteiger partial charge in [0.25, 0.3) is 0 Å². The third-order valence-electron chi connectivity index (χ3n) is 4.12. The molecule has 0 aliphatic carbocycles. The van der Waals surface area contributed by atoms with Crippen LogP contribution in [0.5, 0.6) is 0 Å². The van der Waals surface area contributed by atoms with E-state index in [9.17, 15) is 8.42 Å². The summed E-state index contributed by atoms with van der Waals surface area (Å²) >= 11 is 0. The predicted octanol–water partition coefficient (Wildman–Crippen LogP) is 1.10. The van der Waals surface area contributed by atoms with E-state index in [2.05, 4.69) is 27.4 Å². The van der Waals surface area contributed by atoms with E-state index in [1.165, 1.54) is 25.6 Å². The van der Waals surface area contributed by atoms with Crippen molar-refractivity contribution in [1.29, 1.82) is 0 Å². The van der Waals surface area contributed by atoms with Crippen LogP contribution in [-0.2, 0) is 14.6 Å². The molecule has 1 rings (SSSR count). The summed E-state index contributed by atoms with van der Waals surface area (Å²) < 4.78 is 27.3. The number of nitrogens with zero attached hydrogens (tertiary/aromatic N) is 2. The molecule has 0 spiro atoms. The van der Waals surface area contributed by atoms with Crippen LogP contribution < -0.4 is 10.6 Å². The van der Waals surface area contributed by atoms with Crippen molar-refractivity contribution in [2.24, 2.45) is 4.99 Å². The maximum atomic E-state index is 11.0. The minimum atomic E-state index is -2.95. The van der Waals surface area contributed by atoms with E-state index >= 15 is 0 Å². The number of aliphatic imine (C=N–C) groups is 1. The Kier molecular flexibility index (Phi) is 13.9. The minimum absolute atomic E-state index is 0. The Morgan fingerprint density at radius 3 is 2.52 bits per heavy atom. The second-order valence-corrected chi connectivity index (χ2v) is 8.61. The van der Waals surface area contributed by atoms with Crippen molar-refractivity contribution in [1.82, 2.24) is 15.5 Å². The molecule has 0 bridgehead atoms. The molecule has 1 fully saturated rings. The molecule has 25 heavy (non-hydrogen) atoms. The molecule has 150 valence electrons. The number of unbranched alkanes of at least 4 members (excludes halogenated alkanes) is 1. The third-order valence-corrected chi connectivity index (χ3v) is 5.03. The van der Waals surface area contributed by atoms with Gasteiger partial charge in [0, 0.05) is 39.0 Å². The first-order valence-electron chi connectivity index (χ1n) is 8.89. The standard InChI is InChI=1S/C16H34N4O3S.HI/c1-4-5-9-20-10-6-15(7-11-20)19-16(17-2)18-8-12-23-13-14-24(3,21)22;/h15H,4-14H2,1-3H3,(H2,17,18,19);1H.